The quantitative estimate of drug-likeness (QED) is 0.388. The third-order valence-electron chi connectivity index (χ3n) is 2.25. The van der Waals surface area contributed by atoms with Crippen molar-refractivity contribution in [1.82, 2.24) is 0 Å². The molecule has 3 rings (SSSR count). The van der Waals surface area contributed by atoms with Crippen LogP contribution in [-0.4, -0.2) is 0 Å². The van der Waals surface area contributed by atoms with Gasteiger partial charge in [-0.1, -0.05) is 0 Å². The van der Waals surface area contributed by atoms with Gasteiger partial charge in [-0.15, -0.1) is 0 Å². The molecule has 0 spiro atoms. The predicted molar refractivity (Wildman–Crippen MR) is 71.3 cm³/mol. The van der Waals surface area contributed by atoms with E-state index < -0.39 is 0 Å². The van der Waals surface area contributed by atoms with E-state index in [0.717, 1.165) is 11.1 Å². The van der Waals surface area contributed by atoms with Gasteiger partial charge in [-0.2, -0.15) is 5.56 Å². The van der Waals surface area contributed by atoms with Gasteiger partial charge >= 0.3 is 0 Å². The summed E-state index contributed by atoms with van der Waals surface area (Å²) in [6.07, 6.45) is 7.99. The van der Waals surface area contributed by atoms with Crippen LogP contribution in [-0.2, 0) is 24.1 Å². The van der Waals surface area contributed by atoms with Crippen molar-refractivity contribution in [1.29, 1.82) is 0 Å². The zero-order valence-corrected chi connectivity index (χ0v) is 11.9. The Bertz CT molecular complexity index is 558. The van der Waals surface area contributed by atoms with Crippen molar-refractivity contribution in [3.8, 4) is 0 Å². The number of hydrogen-bond acceptors (Lipinski definition) is 0. The van der Waals surface area contributed by atoms with Crippen molar-refractivity contribution >= 4 is 12.2 Å². The first-order valence-electron chi connectivity index (χ1n) is 5.70. The van der Waals surface area contributed by atoms with E-state index in [-0.39, 0.29) is 17.1 Å². The fraction of sp³-hybridized carbons (Fsp3) is 0.0556. The minimum atomic E-state index is 0. The van der Waals surface area contributed by atoms with E-state index in [1.807, 2.05) is 48.3 Å². The third kappa shape index (κ3) is 5.83. The molecule has 2 heteroatoms. The Kier molecular flexibility index (Phi) is 7.34. The molecule has 0 saturated carbocycles. The monoisotopic (exact) mass is 296 g/mol. The molecule has 0 aliphatic heterocycles. The zero-order chi connectivity index (χ0) is 13.3. The van der Waals surface area contributed by atoms with Crippen LogP contribution in [0.4, 0.5) is 0 Å². The summed E-state index contributed by atoms with van der Waals surface area (Å²) in [4.78, 5) is 0. The molecule has 0 amide bonds. The molecule has 0 atom stereocenters. The van der Waals surface area contributed by atoms with Gasteiger partial charge in [0.25, 0.3) is 0 Å². The summed E-state index contributed by atoms with van der Waals surface area (Å²) < 4.78 is 2.00. The van der Waals surface area contributed by atoms with E-state index in [4.69, 9.17) is 0 Å². The van der Waals surface area contributed by atoms with Gasteiger partial charge in [0, 0.05) is 17.1 Å². The van der Waals surface area contributed by atoms with Gasteiger partial charge in [-0.3, -0.25) is 0 Å². The molecule has 0 fully saturated rings. The third-order valence-corrected chi connectivity index (χ3v) is 2.25. The van der Waals surface area contributed by atoms with Gasteiger partial charge in [-0.05, 0) is 12.1 Å². The molecule has 0 aliphatic rings. The Labute approximate surface area is 131 Å². The maximum absolute atomic E-state index is 2.89. The Morgan fingerprint density at radius 1 is 1.05 bits per heavy atom. The van der Waals surface area contributed by atoms with Crippen LogP contribution < -0.4 is 4.57 Å². The maximum atomic E-state index is 2.89. The standard InChI is InChI=1S/C13H9N.C5H.Fe/c1-14-10-8-13(9-11-14)7-6-12-4-2-3-5-12;1-2-4-5-3-1;/h6-11H,1H3;1H;/q-4;-5;. The number of aromatic nitrogens is 1. The molecule has 2 aromatic carbocycles. The number of hydrogen-bond donors (Lipinski definition) is 0. The molecule has 20 heavy (non-hydrogen) atoms. The predicted octanol–water partition coefficient (Wildman–Crippen LogP) is 2.20. The van der Waals surface area contributed by atoms with Crippen molar-refractivity contribution < 1.29 is 21.6 Å². The van der Waals surface area contributed by atoms with Crippen LogP contribution in [0.1, 0.15) is 11.1 Å². The molecule has 0 bridgehead atoms. The Balaban J connectivity index is 0.000000283. The molecule has 0 unspecified atom stereocenters. The van der Waals surface area contributed by atoms with E-state index in [2.05, 4.69) is 48.5 Å². The van der Waals surface area contributed by atoms with Crippen molar-refractivity contribution in [2.24, 2.45) is 7.05 Å². The van der Waals surface area contributed by atoms with Crippen molar-refractivity contribution in [2.75, 3.05) is 0 Å². The van der Waals surface area contributed by atoms with Crippen molar-refractivity contribution in [3.63, 3.8) is 0 Å². The van der Waals surface area contributed by atoms with E-state index in [1.54, 1.807) is 6.07 Å². The van der Waals surface area contributed by atoms with Gasteiger partial charge in [0.1, 0.15) is 7.05 Å². The van der Waals surface area contributed by atoms with Crippen molar-refractivity contribution in [3.05, 3.63) is 90.3 Å². The molecule has 1 aromatic heterocycles. The molecule has 0 saturated heterocycles. The smallest absolute Gasteiger partial charge is 0.166 e. The molecule has 3 aromatic rings. The van der Waals surface area contributed by atoms with Crippen LogP contribution in [0, 0.1) is 48.5 Å². The molecule has 104 valence electrons. The van der Waals surface area contributed by atoms with Gasteiger partial charge < -0.3 is 72.3 Å². The number of nitrogens with zero attached hydrogens (tertiary/aromatic N) is 1. The minimum absolute atomic E-state index is 0. The largest absolute Gasteiger partial charge is 0.999 e. The molecule has 1 nitrogen and oxygen atoms in total. The first kappa shape index (κ1) is 16.2. The minimum Gasteiger partial charge on any atom is -0.999 e. The molecule has 0 N–H and O–H groups in total. The Morgan fingerprint density at radius 3 is 2.15 bits per heavy atom. The summed E-state index contributed by atoms with van der Waals surface area (Å²) >= 11 is 0. The average molecular weight is 296 g/mol. The van der Waals surface area contributed by atoms with E-state index >= 15 is 0 Å². The topological polar surface area (TPSA) is 3.88 Å². The van der Waals surface area contributed by atoms with Crippen LogP contribution >= 0.6 is 0 Å². The Hall–Kier alpha value is -1.89. The Morgan fingerprint density at radius 2 is 1.65 bits per heavy atom. The number of pyridine rings is 1. The summed E-state index contributed by atoms with van der Waals surface area (Å²) in [6, 6.07) is 27.3. The van der Waals surface area contributed by atoms with Crippen molar-refractivity contribution in [2.45, 2.75) is 0 Å². The molecule has 1 heterocycles. The van der Waals surface area contributed by atoms with Crippen LogP contribution in [0.25, 0.3) is 12.2 Å². The molecule has 0 radical (unpaired) electrons. The second kappa shape index (κ2) is 9.08. The summed E-state index contributed by atoms with van der Waals surface area (Å²) in [7, 11) is 2.00. The van der Waals surface area contributed by atoms with Crippen LogP contribution in [0.5, 0.6) is 0 Å². The summed E-state index contributed by atoms with van der Waals surface area (Å²) in [5, 5.41) is 0. The average Bonchev–Trinajstić information content (AvgIpc) is 3.14. The van der Waals surface area contributed by atoms with E-state index in [9.17, 15) is 0 Å². The second-order valence-electron chi connectivity index (χ2n) is 3.73. The maximum Gasteiger partial charge on any atom is 0.166 e. The van der Waals surface area contributed by atoms with E-state index in [0.29, 0.717) is 0 Å². The van der Waals surface area contributed by atoms with Crippen LogP contribution in [0.2, 0.25) is 0 Å². The number of aryl methyl sites for hydroxylation is 1. The summed E-state index contributed by atoms with van der Waals surface area (Å²) in [5.74, 6) is 0. The fourth-order valence-electron chi connectivity index (χ4n) is 1.30. The second-order valence-corrected chi connectivity index (χ2v) is 3.73. The first-order valence-corrected chi connectivity index (χ1v) is 5.70. The fourth-order valence-corrected chi connectivity index (χ4v) is 1.30. The van der Waals surface area contributed by atoms with Crippen LogP contribution in [0.15, 0.2) is 30.6 Å². The van der Waals surface area contributed by atoms with Crippen LogP contribution in [0.3, 0.4) is 0 Å². The summed E-state index contributed by atoms with van der Waals surface area (Å²) in [6.45, 7) is 0. The zero-order valence-electron chi connectivity index (χ0n) is 10.8. The number of rotatable bonds is 2. The molecular weight excluding hydrogens is 286 g/mol. The first-order chi connectivity index (χ1) is 9.34. The molecular formula is C18H10FeN-9. The SMILES string of the molecule is C[n+]1ccc(C=C[c-]2[c-][c-][c-][c-]2)cc1.[Fe].[c-]1[c-][c-][cH-][c-]1. The normalized spacial score (nSPS) is 9.65. The van der Waals surface area contributed by atoms with Gasteiger partial charge in [-0.25, -0.2) is 4.57 Å². The van der Waals surface area contributed by atoms with Gasteiger partial charge in [0.15, 0.2) is 12.4 Å². The summed E-state index contributed by atoms with van der Waals surface area (Å²) in [5.41, 5.74) is 2.05. The van der Waals surface area contributed by atoms with Gasteiger partial charge in [0.05, 0.1) is 0 Å². The van der Waals surface area contributed by atoms with E-state index in [1.165, 1.54) is 0 Å². The van der Waals surface area contributed by atoms with Gasteiger partial charge in [0.2, 0.25) is 0 Å². The molecule has 0 aliphatic carbocycles.